The van der Waals surface area contributed by atoms with Gasteiger partial charge in [0.1, 0.15) is 0 Å². The van der Waals surface area contributed by atoms with Crippen LogP contribution in [-0.2, 0) is 4.79 Å². The number of nitrogens with one attached hydrogen (secondary N) is 2. The minimum absolute atomic E-state index is 0.0593. The first kappa shape index (κ1) is 19.7. The molecular weight excluding hydrogens is 352 g/mol. The zero-order chi connectivity index (χ0) is 19.8. The molecule has 0 radical (unpaired) electrons. The van der Waals surface area contributed by atoms with Crippen LogP contribution in [0.1, 0.15) is 26.2 Å². The Kier molecular flexibility index (Phi) is 6.89. The van der Waals surface area contributed by atoms with Crippen LogP contribution in [-0.4, -0.2) is 43.0 Å². The molecule has 0 bridgehead atoms. The average molecular weight is 380 g/mol. The van der Waals surface area contributed by atoms with Gasteiger partial charge in [-0.2, -0.15) is 0 Å². The highest BCUT2D eigenvalue weighted by molar-refractivity contribution is 5.91. The Labute approximate surface area is 166 Å². The first-order valence-corrected chi connectivity index (χ1v) is 9.91. The molecule has 1 aliphatic heterocycles. The molecule has 0 spiro atoms. The minimum Gasteiger partial charge on any atom is -0.368 e. The van der Waals surface area contributed by atoms with Gasteiger partial charge in [0, 0.05) is 49.7 Å². The van der Waals surface area contributed by atoms with E-state index in [1.807, 2.05) is 59.5 Å². The van der Waals surface area contributed by atoms with Crippen LogP contribution in [0.15, 0.2) is 54.6 Å². The Bertz CT molecular complexity index is 769. The number of unbranched alkanes of at least 4 members (excludes halogenated alkanes) is 1. The Morgan fingerprint density at radius 3 is 2.14 bits per heavy atom. The zero-order valence-corrected chi connectivity index (χ0v) is 16.4. The first-order chi connectivity index (χ1) is 13.7. The van der Waals surface area contributed by atoms with Crippen molar-refractivity contribution in [1.29, 1.82) is 0 Å². The fraction of sp³-hybridized carbons (Fsp3) is 0.364. The van der Waals surface area contributed by atoms with Crippen LogP contribution in [0.5, 0.6) is 0 Å². The molecule has 148 valence electrons. The molecule has 2 N–H and O–H groups in total. The SMILES string of the molecule is CCCCC(=O)Nc1ccc(N2CCN(C(=O)Nc3ccccc3)CC2)cc1. The molecule has 0 saturated carbocycles. The molecule has 6 nitrogen and oxygen atoms in total. The smallest absolute Gasteiger partial charge is 0.321 e. The third-order valence-corrected chi connectivity index (χ3v) is 4.87. The summed E-state index contributed by atoms with van der Waals surface area (Å²) in [5.41, 5.74) is 2.74. The number of rotatable bonds is 6. The summed E-state index contributed by atoms with van der Waals surface area (Å²) in [5, 5.41) is 5.87. The van der Waals surface area contributed by atoms with Gasteiger partial charge in [-0.15, -0.1) is 0 Å². The largest absolute Gasteiger partial charge is 0.368 e. The summed E-state index contributed by atoms with van der Waals surface area (Å²) < 4.78 is 0. The number of anilines is 3. The number of piperazine rings is 1. The van der Waals surface area contributed by atoms with Crippen molar-refractivity contribution in [3.8, 4) is 0 Å². The van der Waals surface area contributed by atoms with Gasteiger partial charge in [0.2, 0.25) is 5.91 Å². The molecule has 1 fully saturated rings. The van der Waals surface area contributed by atoms with Crippen molar-refractivity contribution in [1.82, 2.24) is 4.90 Å². The fourth-order valence-electron chi connectivity index (χ4n) is 3.21. The molecule has 28 heavy (non-hydrogen) atoms. The summed E-state index contributed by atoms with van der Waals surface area (Å²) in [6, 6.07) is 17.4. The van der Waals surface area contributed by atoms with Gasteiger partial charge in [0.25, 0.3) is 0 Å². The third kappa shape index (κ3) is 5.49. The predicted octanol–water partition coefficient (Wildman–Crippen LogP) is 4.17. The van der Waals surface area contributed by atoms with Gasteiger partial charge in [-0.1, -0.05) is 31.5 Å². The Hall–Kier alpha value is -3.02. The van der Waals surface area contributed by atoms with E-state index in [1.54, 1.807) is 0 Å². The van der Waals surface area contributed by atoms with E-state index in [2.05, 4.69) is 22.5 Å². The molecule has 0 aliphatic carbocycles. The highest BCUT2D eigenvalue weighted by atomic mass is 16.2. The molecule has 1 saturated heterocycles. The quantitative estimate of drug-likeness (QED) is 0.790. The molecule has 1 heterocycles. The second-order valence-corrected chi connectivity index (χ2v) is 6.97. The van der Waals surface area contributed by atoms with Gasteiger partial charge < -0.3 is 20.4 Å². The highest BCUT2D eigenvalue weighted by Crippen LogP contribution is 2.20. The fourth-order valence-corrected chi connectivity index (χ4v) is 3.21. The minimum atomic E-state index is -0.0593. The lowest BCUT2D eigenvalue weighted by Crippen LogP contribution is -2.50. The van der Waals surface area contributed by atoms with Crippen LogP contribution >= 0.6 is 0 Å². The van der Waals surface area contributed by atoms with E-state index < -0.39 is 0 Å². The summed E-state index contributed by atoms with van der Waals surface area (Å²) in [7, 11) is 0. The number of carbonyl (C=O) groups excluding carboxylic acids is 2. The lowest BCUT2D eigenvalue weighted by atomic mass is 10.2. The van der Waals surface area contributed by atoms with Gasteiger partial charge in [-0.05, 0) is 42.8 Å². The maximum atomic E-state index is 12.4. The van der Waals surface area contributed by atoms with E-state index in [0.717, 1.165) is 43.0 Å². The highest BCUT2D eigenvalue weighted by Gasteiger charge is 2.21. The van der Waals surface area contributed by atoms with Crippen LogP contribution in [0, 0.1) is 0 Å². The van der Waals surface area contributed by atoms with E-state index in [-0.39, 0.29) is 11.9 Å². The summed E-state index contributed by atoms with van der Waals surface area (Å²) in [6.07, 6.45) is 2.49. The maximum absolute atomic E-state index is 12.4. The molecule has 0 unspecified atom stereocenters. The van der Waals surface area contributed by atoms with Crippen LogP contribution in [0.3, 0.4) is 0 Å². The van der Waals surface area contributed by atoms with Crippen molar-refractivity contribution in [2.45, 2.75) is 26.2 Å². The molecule has 1 aliphatic rings. The number of para-hydroxylation sites is 1. The van der Waals surface area contributed by atoms with Gasteiger partial charge in [-0.25, -0.2) is 4.79 Å². The van der Waals surface area contributed by atoms with Gasteiger partial charge in [0.05, 0.1) is 0 Å². The normalized spacial score (nSPS) is 13.9. The molecule has 0 atom stereocenters. The van der Waals surface area contributed by atoms with Crippen LogP contribution in [0.4, 0.5) is 21.9 Å². The number of hydrogen-bond donors (Lipinski definition) is 2. The third-order valence-electron chi connectivity index (χ3n) is 4.87. The molecule has 0 aromatic heterocycles. The number of amides is 3. The van der Waals surface area contributed by atoms with Crippen molar-refractivity contribution in [2.75, 3.05) is 41.7 Å². The van der Waals surface area contributed by atoms with Crippen molar-refractivity contribution in [3.05, 3.63) is 54.6 Å². The first-order valence-electron chi connectivity index (χ1n) is 9.91. The average Bonchev–Trinajstić information content (AvgIpc) is 2.73. The van der Waals surface area contributed by atoms with Gasteiger partial charge >= 0.3 is 6.03 Å². The standard InChI is InChI=1S/C22H28N4O2/c1-2-3-9-21(27)23-19-10-12-20(13-11-19)25-14-16-26(17-15-25)22(28)24-18-7-5-4-6-8-18/h4-8,10-13H,2-3,9,14-17H2,1H3,(H,23,27)(H,24,28). The maximum Gasteiger partial charge on any atom is 0.321 e. The zero-order valence-electron chi connectivity index (χ0n) is 16.4. The molecule has 6 heteroatoms. The van der Waals surface area contributed by atoms with Crippen LogP contribution < -0.4 is 15.5 Å². The van der Waals surface area contributed by atoms with Crippen molar-refractivity contribution in [2.24, 2.45) is 0 Å². The van der Waals surface area contributed by atoms with Crippen molar-refractivity contribution >= 4 is 29.0 Å². The van der Waals surface area contributed by atoms with Gasteiger partial charge in [-0.3, -0.25) is 4.79 Å². The second-order valence-electron chi connectivity index (χ2n) is 6.97. The van der Waals surface area contributed by atoms with E-state index in [1.165, 1.54) is 0 Å². The van der Waals surface area contributed by atoms with E-state index >= 15 is 0 Å². The Morgan fingerprint density at radius 1 is 0.857 bits per heavy atom. The van der Waals surface area contributed by atoms with E-state index in [9.17, 15) is 9.59 Å². The Balaban J connectivity index is 1.48. The van der Waals surface area contributed by atoms with Crippen LogP contribution in [0.2, 0.25) is 0 Å². The summed E-state index contributed by atoms with van der Waals surface area (Å²) in [4.78, 5) is 28.3. The van der Waals surface area contributed by atoms with Gasteiger partial charge in [0.15, 0.2) is 0 Å². The number of urea groups is 1. The van der Waals surface area contributed by atoms with E-state index in [4.69, 9.17) is 0 Å². The second kappa shape index (κ2) is 9.78. The monoisotopic (exact) mass is 380 g/mol. The topological polar surface area (TPSA) is 64.7 Å². The van der Waals surface area contributed by atoms with E-state index in [0.29, 0.717) is 19.5 Å². The lowest BCUT2D eigenvalue weighted by Gasteiger charge is -2.36. The summed E-state index contributed by atoms with van der Waals surface area (Å²) in [5.74, 6) is 0.0626. The van der Waals surface area contributed by atoms with Crippen molar-refractivity contribution < 1.29 is 9.59 Å². The number of hydrogen-bond acceptors (Lipinski definition) is 3. The number of benzene rings is 2. The molecule has 3 rings (SSSR count). The summed E-state index contributed by atoms with van der Waals surface area (Å²) in [6.45, 7) is 4.99. The summed E-state index contributed by atoms with van der Waals surface area (Å²) >= 11 is 0. The predicted molar refractivity (Wildman–Crippen MR) is 114 cm³/mol. The molecule has 2 aromatic carbocycles. The Morgan fingerprint density at radius 2 is 1.50 bits per heavy atom. The number of carbonyl (C=O) groups is 2. The molecular formula is C22H28N4O2. The molecule has 3 amide bonds. The van der Waals surface area contributed by atoms with Crippen molar-refractivity contribution in [3.63, 3.8) is 0 Å². The van der Waals surface area contributed by atoms with Crippen LogP contribution in [0.25, 0.3) is 0 Å². The number of nitrogens with zero attached hydrogens (tertiary/aromatic N) is 2. The lowest BCUT2D eigenvalue weighted by molar-refractivity contribution is -0.116. The molecule has 2 aromatic rings.